The first-order chi connectivity index (χ1) is 8.67. The fourth-order valence-electron chi connectivity index (χ4n) is 1.45. The second-order valence-electron chi connectivity index (χ2n) is 5.34. The summed E-state index contributed by atoms with van der Waals surface area (Å²) in [4.78, 5) is 22.7. The van der Waals surface area contributed by atoms with E-state index in [-0.39, 0.29) is 5.91 Å². The van der Waals surface area contributed by atoms with Gasteiger partial charge in [-0.2, -0.15) is 0 Å². The number of carbonyl (C=O) groups is 2. The average molecular weight is 264 g/mol. The Hall–Kier alpha value is -2.04. The number of benzene rings is 1. The van der Waals surface area contributed by atoms with Crippen molar-refractivity contribution in [2.45, 2.75) is 40.2 Å². The third kappa shape index (κ3) is 5.42. The minimum atomic E-state index is -0.546. The summed E-state index contributed by atoms with van der Waals surface area (Å²) in [6.45, 7) is 8.70. The number of hydrogen-bond donors (Lipinski definition) is 2. The Morgan fingerprint density at radius 3 is 2.32 bits per heavy atom. The van der Waals surface area contributed by atoms with E-state index in [2.05, 4.69) is 10.6 Å². The van der Waals surface area contributed by atoms with E-state index in [1.54, 1.807) is 32.9 Å². The van der Waals surface area contributed by atoms with Gasteiger partial charge in [-0.1, -0.05) is 6.07 Å². The molecular formula is C14H20N2O3. The number of ether oxygens (including phenoxy) is 1. The lowest BCUT2D eigenvalue weighted by atomic mass is 10.2. The zero-order chi connectivity index (χ0) is 14.6. The lowest BCUT2D eigenvalue weighted by Gasteiger charge is -2.20. The number of amides is 2. The summed E-state index contributed by atoms with van der Waals surface area (Å²) in [6, 6.07) is 5.27. The highest BCUT2D eigenvalue weighted by molar-refractivity contribution is 5.91. The number of carbonyl (C=O) groups excluding carboxylic acids is 2. The molecule has 2 amide bonds. The molecule has 0 heterocycles. The van der Waals surface area contributed by atoms with Gasteiger partial charge in [0.05, 0.1) is 0 Å². The molecule has 1 rings (SSSR count). The van der Waals surface area contributed by atoms with Crippen molar-refractivity contribution < 1.29 is 14.3 Å². The Balaban J connectivity index is 2.79. The van der Waals surface area contributed by atoms with Crippen molar-refractivity contribution >= 4 is 23.4 Å². The second kappa shape index (κ2) is 5.73. The van der Waals surface area contributed by atoms with E-state index in [0.29, 0.717) is 11.4 Å². The molecule has 0 saturated heterocycles. The maximum Gasteiger partial charge on any atom is 0.412 e. The smallest absolute Gasteiger partial charge is 0.412 e. The van der Waals surface area contributed by atoms with Crippen LogP contribution in [0, 0.1) is 6.92 Å². The molecule has 104 valence electrons. The number of hydrogen-bond acceptors (Lipinski definition) is 3. The van der Waals surface area contributed by atoms with Crippen LogP contribution >= 0.6 is 0 Å². The topological polar surface area (TPSA) is 67.4 Å². The number of aryl methyl sites for hydroxylation is 1. The summed E-state index contributed by atoms with van der Waals surface area (Å²) in [5.41, 5.74) is 1.62. The summed E-state index contributed by atoms with van der Waals surface area (Å²) in [6.07, 6.45) is -0.523. The van der Waals surface area contributed by atoms with E-state index in [9.17, 15) is 9.59 Å². The van der Waals surface area contributed by atoms with Gasteiger partial charge in [0, 0.05) is 18.3 Å². The van der Waals surface area contributed by atoms with Gasteiger partial charge in [0.25, 0.3) is 0 Å². The van der Waals surface area contributed by atoms with Crippen molar-refractivity contribution in [1.29, 1.82) is 0 Å². The monoisotopic (exact) mass is 264 g/mol. The van der Waals surface area contributed by atoms with Crippen molar-refractivity contribution in [3.05, 3.63) is 23.8 Å². The van der Waals surface area contributed by atoms with E-state index in [4.69, 9.17) is 4.74 Å². The maximum absolute atomic E-state index is 11.6. The van der Waals surface area contributed by atoms with Gasteiger partial charge in [0.15, 0.2) is 0 Å². The molecule has 5 heteroatoms. The first-order valence-corrected chi connectivity index (χ1v) is 6.05. The first-order valence-electron chi connectivity index (χ1n) is 6.05. The van der Waals surface area contributed by atoms with E-state index >= 15 is 0 Å². The largest absolute Gasteiger partial charge is 0.444 e. The number of nitrogens with one attached hydrogen (secondary N) is 2. The first kappa shape index (κ1) is 15.0. The maximum atomic E-state index is 11.6. The van der Waals surface area contributed by atoms with Crippen LogP contribution in [0.3, 0.4) is 0 Å². The second-order valence-corrected chi connectivity index (χ2v) is 5.34. The van der Waals surface area contributed by atoms with Crippen LogP contribution in [0.2, 0.25) is 0 Å². The molecule has 0 aliphatic rings. The summed E-state index contributed by atoms with van der Waals surface area (Å²) in [5, 5.41) is 5.33. The predicted octanol–water partition coefficient (Wildman–Crippen LogP) is 3.30. The Morgan fingerprint density at radius 2 is 1.79 bits per heavy atom. The minimum Gasteiger partial charge on any atom is -0.444 e. The quantitative estimate of drug-likeness (QED) is 0.861. The highest BCUT2D eigenvalue weighted by Gasteiger charge is 2.16. The van der Waals surface area contributed by atoms with Crippen LogP contribution in [0.5, 0.6) is 0 Å². The molecule has 0 radical (unpaired) electrons. The zero-order valence-corrected chi connectivity index (χ0v) is 12.0. The highest BCUT2D eigenvalue weighted by atomic mass is 16.6. The van der Waals surface area contributed by atoms with Crippen LogP contribution in [-0.4, -0.2) is 17.6 Å². The lowest BCUT2D eigenvalue weighted by Crippen LogP contribution is -2.27. The van der Waals surface area contributed by atoms with Crippen LogP contribution in [0.15, 0.2) is 18.2 Å². The Morgan fingerprint density at radius 1 is 1.16 bits per heavy atom. The molecule has 0 unspecified atom stereocenters. The summed E-state index contributed by atoms with van der Waals surface area (Å²) in [5.74, 6) is -0.155. The fourth-order valence-corrected chi connectivity index (χ4v) is 1.45. The molecule has 0 spiro atoms. The van der Waals surface area contributed by atoms with Gasteiger partial charge in [-0.3, -0.25) is 10.1 Å². The van der Waals surface area contributed by atoms with Gasteiger partial charge in [-0.25, -0.2) is 4.79 Å². The van der Waals surface area contributed by atoms with Crippen molar-refractivity contribution in [3.63, 3.8) is 0 Å². The average Bonchev–Trinajstić information content (AvgIpc) is 2.19. The van der Waals surface area contributed by atoms with Crippen LogP contribution in [0.25, 0.3) is 0 Å². The summed E-state index contributed by atoms with van der Waals surface area (Å²) >= 11 is 0. The lowest BCUT2D eigenvalue weighted by molar-refractivity contribution is -0.114. The third-order valence-corrected chi connectivity index (χ3v) is 2.19. The highest BCUT2D eigenvalue weighted by Crippen LogP contribution is 2.21. The molecule has 1 aromatic carbocycles. The molecule has 5 nitrogen and oxygen atoms in total. The van der Waals surface area contributed by atoms with E-state index in [1.165, 1.54) is 6.92 Å². The summed E-state index contributed by atoms with van der Waals surface area (Å²) in [7, 11) is 0. The predicted molar refractivity (Wildman–Crippen MR) is 75.3 cm³/mol. The molecule has 0 saturated carbocycles. The van der Waals surface area contributed by atoms with Crippen molar-refractivity contribution in [1.82, 2.24) is 0 Å². The molecular weight excluding hydrogens is 244 g/mol. The Labute approximate surface area is 113 Å². The minimum absolute atomic E-state index is 0.155. The normalized spacial score (nSPS) is 10.8. The number of anilines is 2. The SMILES string of the molecule is CC(=O)Nc1cc(NC(=O)OC(C)(C)C)ccc1C. The van der Waals surface area contributed by atoms with E-state index < -0.39 is 11.7 Å². The molecule has 0 atom stereocenters. The van der Waals surface area contributed by atoms with Crippen molar-refractivity contribution in [2.24, 2.45) is 0 Å². The van der Waals surface area contributed by atoms with Gasteiger partial charge in [0.1, 0.15) is 5.60 Å². The molecule has 0 aliphatic carbocycles. The van der Waals surface area contributed by atoms with Crippen molar-refractivity contribution in [3.8, 4) is 0 Å². The molecule has 0 aromatic heterocycles. The van der Waals surface area contributed by atoms with Gasteiger partial charge in [-0.05, 0) is 45.4 Å². The van der Waals surface area contributed by atoms with E-state index in [0.717, 1.165) is 5.56 Å². The zero-order valence-electron chi connectivity index (χ0n) is 12.0. The van der Waals surface area contributed by atoms with Gasteiger partial charge in [-0.15, -0.1) is 0 Å². The number of rotatable bonds is 2. The van der Waals surface area contributed by atoms with Gasteiger partial charge < -0.3 is 10.1 Å². The third-order valence-electron chi connectivity index (χ3n) is 2.19. The van der Waals surface area contributed by atoms with Crippen LogP contribution in [-0.2, 0) is 9.53 Å². The molecule has 2 N–H and O–H groups in total. The van der Waals surface area contributed by atoms with Gasteiger partial charge >= 0.3 is 6.09 Å². The van der Waals surface area contributed by atoms with Crippen molar-refractivity contribution in [2.75, 3.05) is 10.6 Å². The standard InChI is InChI=1S/C14H20N2O3/c1-9-6-7-11(8-12(9)15-10(2)17)16-13(18)19-14(3,4)5/h6-8H,1-5H3,(H,15,17)(H,16,18). The van der Waals surface area contributed by atoms with E-state index in [1.807, 2.05) is 13.0 Å². The van der Waals surface area contributed by atoms with Crippen LogP contribution < -0.4 is 10.6 Å². The van der Waals surface area contributed by atoms with Gasteiger partial charge in [0.2, 0.25) is 5.91 Å². The fraction of sp³-hybridized carbons (Fsp3) is 0.429. The molecule has 0 aliphatic heterocycles. The Kier molecular flexibility index (Phi) is 4.53. The van der Waals surface area contributed by atoms with Crippen LogP contribution in [0.4, 0.5) is 16.2 Å². The molecule has 19 heavy (non-hydrogen) atoms. The molecule has 1 aromatic rings. The summed E-state index contributed by atoms with van der Waals surface area (Å²) < 4.78 is 5.16. The molecule has 0 fully saturated rings. The molecule has 0 bridgehead atoms. The Bertz CT molecular complexity index is 490. The van der Waals surface area contributed by atoms with Crippen LogP contribution in [0.1, 0.15) is 33.3 Å².